The summed E-state index contributed by atoms with van der Waals surface area (Å²) in [5.41, 5.74) is 0.758. The molecule has 0 spiro atoms. The molecule has 0 saturated carbocycles. The van der Waals surface area contributed by atoms with Gasteiger partial charge >= 0.3 is 6.09 Å². The second-order valence-electron chi connectivity index (χ2n) is 6.82. The largest absolute Gasteiger partial charge is 0.496 e. The lowest BCUT2D eigenvalue weighted by atomic mass is 10.0. The summed E-state index contributed by atoms with van der Waals surface area (Å²) in [5, 5.41) is 0. The Morgan fingerprint density at radius 2 is 2.05 bits per heavy atom. The van der Waals surface area contributed by atoms with Crippen LogP contribution in [0.2, 0.25) is 0 Å². The van der Waals surface area contributed by atoms with Gasteiger partial charge in [-0.3, -0.25) is 0 Å². The van der Waals surface area contributed by atoms with Crippen LogP contribution in [0.25, 0.3) is 0 Å². The minimum Gasteiger partial charge on any atom is -0.496 e. The van der Waals surface area contributed by atoms with Crippen molar-refractivity contribution in [1.82, 2.24) is 4.90 Å². The summed E-state index contributed by atoms with van der Waals surface area (Å²) < 4.78 is 10.9. The summed E-state index contributed by atoms with van der Waals surface area (Å²) in [6, 6.07) is 8.34. The van der Waals surface area contributed by atoms with E-state index in [1.165, 1.54) is 5.56 Å². The summed E-state index contributed by atoms with van der Waals surface area (Å²) >= 11 is 0. The van der Waals surface area contributed by atoms with E-state index in [9.17, 15) is 4.79 Å². The van der Waals surface area contributed by atoms with Crippen molar-refractivity contribution in [2.75, 3.05) is 13.7 Å². The van der Waals surface area contributed by atoms with Gasteiger partial charge in [0.15, 0.2) is 0 Å². The molecule has 1 amide bonds. The quantitative estimate of drug-likeness (QED) is 0.843. The zero-order chi connectivity index (χ0) is 16.2. The maximum Gasteiger partial charge on any atom is 0.410 e. The normalized spacial score (nSPS) is 18.4. The van der Waals surface area contributed by atoms with Gasteiger partial charge in [-0.1, -0.05) is 18.2 Å². The number of para-hydroxylation sites is 1. The Morgan fingerprint density at radius 1 is 1.32 bits per heavy atom. The maximum atomic E-state index is 12.3. The first-order chi connectivity index (χ1) is 10.4. The van der Waals surface area contributed by atoms with E-state index in [2.05, 4.69) is 6.07 Å². The van der Waals surface area contributed by atoms with Gasteiger partial charge in [-0.05, 0) is 58.1 Å². The highest BCUT2D eigenvalue weighted by atomic mass is 16.6. The first kappa shape index (κ1) is 16.7. The summed E-state index contributed by atoms with van der Waals surface area (Å²) in [5.74, 6) is 0.921. The van der Waals surface area contributed by atoms with Gasteiger partial charge in [-0.25, -0.2) is 4.79 Å². The third-order valence-corrected chi connectivity index (χ3v) is 3.94. The van der Waals surface area contributed by atoms with Crippen LogP contribution in [0, 0.1) is 0 Å². The highest BCUT2D eigenvalue weighted by molar-refractivity contribution is 5.68. The molecule has 1 fully saturated rings. The van der Waals surface area contributed by atoms with Crippen LogP contribution in [0.3, 0.4) is 0 Å². The van der Waals surface area contributed by atoms with E-state index in [-0.39, 0.29) is 12.1 Å². The van der Waals surface area contributed by atoms with E-state index >= 15 is 0 Å². The van der Waals surface area contributed by atoms with E-state index in [1.54, 1.807) is 7.11 Å². The van der Waals surface area contributed by atoms with Gasteiger partial charge in [-0.15, -0.1) is 0 Å². The van der Waals surface area contributed by atoms with Crippen molar-refractivity contribution in [1.29, 1.82) is 0 Å². The van der Waals surface area contributed by atoms with Crippen LogP contribution in [-0.4, -0.2) is 36.3 Å². The van der Waals surface area contributed by atoms with E-state index in [4.69, 9.17) is 9.47 Å². The lowest BCUT2D eigenvalue weighted by Gasteiger charge is -2.28. The second-order valence-corrected chi connectivity index (χ2v) is 6.82. The van der Waals surface area contributed by atoms with Gasteiger partial charge in [0.25, 0.3) is 0 Å². The molecule has 0 aliphatic carbocycles. The van der Waals surface area contributed by atoms with Crippen LogP contribution in [0.5, 0.6) is 5.75 Å². The highest BCUT2D eigenvalue weighted by Gasteiger charge is 2.31. The summed E-state index contributed by atoms with van der Waals surface area (Å²) in [6.45, 7) is 6.52. The molecular weight excluding hydrogens is 278 g/mol. The molecular formula is C18H27NO3. The van der Waals surface area contributed by atoms with Gasteiger partial charge in [-0.2, -0.15) is 0 Å². The van der Waals surface area contributed by atoms with E-state index in [0.29, 0.717) is 0 Å². The number of amides is 1. The van der Waals surface area contributed by atoms with Gasteiger partial charge in [0, 0.05) is 12.6 Å². The van der Waals surface area contributed by atoms with Gasteiger partial charge < -0.3 is 14.4 Å². The van der Waals surface area contributed by atoms with Gasteiger partial charge in [0.2, 0.25) is 0 Å². The number of ether oxygens (including phenoxy) is 2. The average Bonchev–Trinajstić information content (AvgIpc) is 2.92. The molecule has 0 radical (unpaired) electrons. The second kappa shape index (κ2) is 7.03. The standard InChI is InChI=1S/C18H27NO3/c1-18(2,3)22-17(20)19-13-7-9-15(19)12-11-14-8-5-6-10-16(14)21-4/h5-6,8,10,15H,7,9,11-13H2,1-4H3. The monoisotopic (exact) mass is 305 g/mol. The van der Waals surface area contributed by atoms with Crippen molar-refractivity contribution >= 4 is 6.09 Å². The highest BCUT2D eigenvalue weighted by Crippen LogP contribution is 2.26. The van der Waals surface area contributed by atoms with Crippen molar-refractivity contribution in [2.45, 2.75) is 58.1 Å². The average molecular weight is 305 g/mol. The van der Waals surface area contributed by atoms with Gasteiger partial charge in [0.1, 0.15) is 11.4 Å². The van der Waals surface area contributed by atoms with Crippen LogP contribution < -0.4 is 4.74 Å². The molecule has 4 heteroatoms. The summed E-state index contributed by atoms with van der Waals surface area (Å²) in [4.78, 5) is 14.2. The number of aryl methyl sites for hydroxylation is 1. The minimum atomic E-state index is -0.438. The molecule has 0 bridgehead atoms. The van der Waals surface area contributed by atoms with Crippen molar-refractivity contribution in [3.63, 3.8) is 0 Å². The van der Waals surface area contributed by atoms with Crippen molar-refractivity contribution in [3.05, 3.63) is 29.8 Å². The predicted octanol–water partition coefficient (Wildman–Crippen LogP) is 4.03. The topological polar surface area (TPSA) is 38.8 Å². The third kappa shape index (κ3) is 4.39. The molecule has 1 aromatic carbocycles. The first-order valence-electron chi connectivity index (χ1n) is 8.02. The number of nitrogens with zero attached hydrogens (tertiary/aromatic N) is 1. The Labute approximate surface area is 133 Å². The third-order valence-electron chi connectivity index (χ3n) is 3.94. The molecule has 1 atom stereocenters. The number of methoxy groups -OCH3 is 1. The molecule has 4 nitrogen and oxygen atoms in total. The Balaban J connectivity index is 1.95. The molecule has 22 heavy (non-hydrogen) atoms. The minimum absolute atomic E-state index is 0.185. The van der Waals surface area contributed by atoms with Crippen molar-refractivity contribution in [2.24, 2.45) is 0 Å². The molecule has 1 aromatic rings. The fourth-order valence-corrected chi connectivity index (χ4v) is 2.93. The van der Waals surface area contributed by atoms with Crippen LogP contribution in [0.1, 0.15) is 45.6 Å². The van der Waals surface area contributed by atoms with Crippen LogP contribution in [0.15, 0.2) is 24.3 Å². The lowest BCUT2D eigenvalue weighted by Crippen LogP contribution is -2.40. The fraction of sp³-hybridized carbons (Fsp3) is 0.611. The lowest BCUT2D eigenvalue weighted by molar-refractivity contribution is 0.0220. The van der Waals surface area contributed by atoms with E-state index in [0.717, 1.165) is 38.0 Å². The molecule has 1 heterocycles. The Hall–Kier alpha value is -1.71. The van der Waals surface area contributed by atoms with Crippen molar-refractivity contribution < 1.29 is 14.3 Å². The molecule has 2 rings (SSSR count). The SMILES string of the molecule is COc1ccccc1CCC1CCCN1C(=O)OC(C)(C)C. The molecule has 1 saturated heterocycles. The number of hydrogen-bond donors (Lipinski definition) is 0. The number of carbonyl (C=O) groups excluding carboxylic acids is 1. The first-order valence-corrected chi connectivity index (χ1v) is 8.02. The molecule has 1 aliphatic heterocycles. The number of rotatable bonds is 4. The van der Waals surface area contributed by atoms with Gasteiger partial charge in [0.05, 0.1) is 7.11 Å². The summed E-state index contributed by atoms with van der Waals surface area (Å²) in [6.07, 6.45) is 3.77. The summed E-state index contributed by atoms with van der Waals surface area (Å²) in [7, 11) is 1.70. The van der Waals surface area contributed by atoms with Crippen molar-refractivity contribution in [3.8, 4) is 5.75 Å². The number of hydrogen-bond acceptors (Lipinski definition) is 3. The Morgan fingerprint density at radius 3 is 2.73 bits per heavy atom. The fourth-order valence-electron chi connectivity index (χ4n) is 2.93. The van der Waals surface area contributed by atoms with Crippen LogP contribution in [0.4, 0.5) is 4.79 Å². The smallest absolute Gasteiger partial charge is 0.410 e. The van der Waals surface area contributed by atoms with E-state index in [1.807, 2.05) is 43.9 Å². The molecule has 0 N–H and O–H groups in total. The zero-order valence-corrected chi connectivity index (χ0v) is 14.1. The number of benzene rings is 1. The predicted molar refractivity (Wildman–Crippen MR) is 87.3 cm³/mol. The Bertz CT molecular complexity index is 507. The molecule has 1 aliphatic rings. The molecule has 0 aromatic heterocycles. The number of likely N-dealkylation sites (tertiary alicyclic amines) is 1. The molecule has 122 valence electrons. The molecule has 1 unspecified atom stereocenters. The maximum absolute atomic E-state index is 12.3. The Kier molecular flexibility index (Phi) is 5.33. The zero-order valence-electron chi connectivity index (χ0n) is 14.1. The van der Waals surface area contributed by atoms with E-state index < -0.39 is 5.60 Å². The number of carbonyl (C=O) groups is 1. The van der Waals surface area contributed by atoms with Crippen LogP contribution >= 0.6 is 0 Å². The van der Waals surface area contributed by atoms with Crippen LogP contribution in [-0.2, 0) is 11.2 Å².